The zero-order valence-electron chi connectivity index (χ0n) is 6.33. The Hall–Kier alpha value is -0.160. The van der Waals surface area contributed by atoms with Crippen molar-refractivity contribution in [3.8, 4) is 0 Å². The molecular weight excluding hydrogens is 136 g/mol. The van der Waals surface area contributed by atoms with Crippen molar-refractivity contribution in [3.05, 3.63) is 0 Å². The third-order valence-corrected chi connectivity index (χ3v) is 1.29. The van der Waals surface area contributed by atoms with Gasteiger partial charge in [0.1, 0.15) is 0 Å². The van der Waals surface area contributed by atoms with Gasteiger partial charge in [-0.1, -0.05) is 0 Å². The summed E-state index contributed by atoms with van der Waals surface area (Å²) in [5, 5.41) is 17.6. The quantitative estimate of drug-likeness (QED) is 0.528. The van der Waals surface area contributed by atoms with Crippen LogP contribution in [0.25, 0.3) is 0 Å². The van der Waals surface area contributed by atoms with E-state index in [2.05, 4.69) is 9.47 Å². The fourth-order valence-corrected chi connectivity index (χ4v) is 0.590. The summed E-state index contributed by atoms with van der Waals surface area (Å²) >= 11 is 0. The summed E-state index contributed by atoms with van der Waals surface area (Å²) in [4.78, 5) is 0. The van der Waals surface area contributed by atoms with Crippen molar-refractivity contribution < 1.29 is 19.7 Å². The predicted octanol–water partition coefficient (Wildman–Crippen LogP) is -0.302. The molecule has 4 nitrogen and oxygen atoms in total. The molecule has 0 fully saturated rings. The second kappa shape index (κ2) is 4.62. The lowest BCUT2D eigenvalue weighted by Crippen LogP contribution is -2.33. The summed E-state index contributed by atoms with van der Waals surface area (Å²) in [6.45, 7) is 0.0228. The maximum absolute atomic E-state index is 9.20. The molecule has 0 aromatic heterocycles. The van der Waals surface area contributed by atoms with E-state index in [-0.39, 0.29) is 13.0 Å². The summed E-state index contributed by atoms with van der Waals surface area (Å²) in [5.74, 6) is -1.53. The molecule has 0 saturated heterocycles. The number of aliphatic hydroxyl groups excluding tert-OH is 1. The van der Waals surface area contributed by atoms with E-state index in [1.165, 1.54) is 14.2 Å². The normalized spacial score (nSPS) is 12.0. The smallest absolute Gasteiger partial charge is 0.279 e. The van der Waals surface area contributed by atoms with Crippen LogP contribution in [0.1, 0.15) is 12.8 Å². The highest BCUT2D eigenvalue weighted by Crippen LogP contribution is 2.13. The van der Waals surface area contributed by atoms with Crippen LogP contribution in [0.15, 0.2) is 0 Å². The van der Waals surface area contributed by atoms with Gasteiger partial charge in [-0.2, -0.15) is 0 Å². The van der Waals surface area contributed by atoms with Crippen LogP contribution in [0, 0.1) is 0 Å². The first kappa shape index (κ1) is 9.84. The Morgan fingerprint density at radius 2 is 1.80 bits per heavy atom. The van der Waals surface area contributed by atoms with Gasteiger partial charge in [-0.3, -0.25) is 0 Å². The Morgan fingerprint density at radius 3 is 2.10 bits per heavy atom. The third-order valence-electron chi connectivity index (χ3n) is 1.29. The molecule has 2 N–H and O–H groups in total. The fourth-order valence-electron chi connectivity index (χ4n) is 0.590. The van der Waals surface area contributed by atoms with Crippen LogP contribution < -0.4 is 0 Å². The number of hydrogen-bond donors (Lipinski definition) is 2. The Bertz CT molecular complexity index is 79.8. The topological polar surface area (TPSA) is 58.9 Å². The van der Waals surface area contributed by atoms with E-state index in [1.807, 2.05) is 0 Å². The molecule has 0 spiro atoms. The average molecular weight is 150 g/mol. The Labute approximate surface area is 60.4 Å². The van der Waals surface area contributed by atoms with E-state index in [0.717, 1.165) is 0 Å². The highest BCUT2D eigenvalue weighted by Gasteiger charge is 2.24. The minimum Gasteiger partial charge on any atom is -0.396 e. The van der Waals surface area contributed by atoms with Gasteiger partial charge >= 0.3 is 0 Å². The zero-order valence-corrected chi connectivity index (χ0v) is 6.33. The Kier molecular flexibility index (Phi) is 4.55. The maximum Gasteiger partial charge on any atom is 0.279 e. The second-order valence-electron chi connectivity index (χ2n) is 1.95. The minimum absolute atomic E-state index is 0.0228. The van der Waals surface area contributed by atoms with E-state index in [4.69, 9.17) is 5.11 Å². The van der Waals surface area contributed by atoms with Crippen molar-refractivity contribution in [1.29, 1.82) is 0 Å². The van der Waals surface area contributed by atoms with Gasteiger partial charge in [0.25, 0.3) is 5.97 Å². The molecule has 0 atom stereocenters. The van der Waals surface area contributed by atoms with Gasteiger partial charge in [0.05, 0.1) is 0 Å². The molecule has 0 heterocycles. The number of rotatable bonds is 5. The zero-order chi connectivity index (χ0) is 8.04. The summed E-state index contributed by atoms with van der Waals surface area (Å²) in [7, 11) is 2.70. The van der Waals surface area contributed by atoms with Gasteiger partial charge in [0.2, 0.25) is 0 Å². The molecule has 0 unspecified atom stereocenters. The molecule has 0 saturated carbocycles. The number of ether oxygens (including phenoxy) is 2. The summed E-state index contributed by atoms with van der Waals surface area (Å²) < 4.78 is 9.22. The Morgan fingerprint density at radius 1 is 1.30 bits per heavy atom. The van der Waals surface area contributed by atoms with Crippen molar-refractivity contribution in [3.63, 3.8) is 0 Å². The molecule has 0 aliphatic rings. The van der Waals surface area contributed by atoms with Gasteiger partial charge in [0, 0.05) is 27.2 Å². The molecule has 0 aliphatic carbocycles. The number of aliphatic hydroxyl groups is 2. The van der Waals surface area contributed by atoms with Gasteiger partial charge in [-0.05, 0) is 6.42 Å². The molecule has 0 radical (unpaired) electrons. The summed E-state index contributed by atoms with van der Waals surface area (Å²) in [5.41, 5.74) is 0. The van der Waals surface area contributed by atoms with Gasteiger partial charge < -0.3 is 19.7 Å². The first-order valence-corrected chi connectivity index (χ1v) is 3.12. The largest absolute Gasteiger partial charge is 0.396 e. The monoisotopic (exact) mass is 150 g/mol. The van der Waals surface area contributed by atoms with Crippen LogP contribution in [-0.2, 0) is 9.47 Å². The maximum atomic E-state index is 9.20. The highest BCUT2D eigenvalue weighted by atomic mass is 16.8. The molecule has 62 valence electrons. The van der Waals surface area contributed by atoms with Crippen LogP contribution in [0.2, 0.25) is 0 Å². The fraction of sp³-hybridized carbons (Fsp3) is 1.00. The molecular formula is C6H14O4. The molecule has 10 heavy (non-hydrogen) atoms. The third kappa shape index (κ3) is 3.12. The lowest BCUT2D eigenvalue weighted by atomic mass is 10.3. The lowest BCUT2D eigenvalue weighted by molar-refractivity contribution is -0.343. The SMILES string of the molecule is COC(O)(CCCO)OC. The summed E-state index contributed by atoms with van der Waals surface area (Å²) in [6.07, 6.45) is 0.731. The molecule has 0 aromatic carbocycles. The van der Waals surface area contributed by atoms with Crippen molar-refractivity contribution in [2.45, 2.75) is 18.8 Å². The van der Waals surface area contributed by atoms with E-state index in [9.17, 15) is 5.11 Å². The highest BCUT2D eigenvalue weighted by molar-refractivity contribution is 4.51. The second-order valence-corrected chi connectivity index (χ2v) is 1.95. The lowest BCUT2D eigenvalue weighted by Gasteiger charge is -2.23. The van der Waals surface area contributed by atoms with Crippen LogP contribution in [0.5, 0.6) is 0 Å². The van der Waals surface area contributed by atoms with E-state index in [1.54, 1.807) is 0 Å². The number of methoxy groups -OCH3 is 2. The van der Waals surface area contributed by atoms with Gasteiger partial charge in [0.15, 0.2) is 0 Å². The van der Waals surface area contributed by atoms with Crippen LogP contribution in [-0.4, -0.2) is 37.0 Å². The van der Waals surface area contributed by atoms with Crippen molar-refractivity contribution in [1.82, 2.24) is 0 Å². The van der Waals surface area contributed by atoms with Crippen LogP contribution in [0.4, 0.5) is 0 Å². The van der Waals surface area contributed by atoms with E-state index < -0.39 is 5.97 Å². The predicted molar refractivity (Wildman–Crippen MR) is 35.3 cm³/mol. The van der Waals surface area contributed by atoms with Crippen molar-refractivity contribution >= 4 is 0 Å². The van der Waals surface area contributed by atoms with E-state index in [0.29, 0.717) is 6.42 Å². The molecule has 0 aromatic rings. The van der Waals surface area contributed by atoms with Gasteiger partial charge in [-0.15, -0.1) is 0 Å². The standard InChI is InChI=1S/C6H14O4/c1-9-6(8,10-2)4-3-5-7/h7-8H,3-5H2,1-2H3. The molecule has 0 amide bonds. The van der Waals surface area contributed by atoms with Crippen molar-refractivity contribution in [2.75, 3.05) is 20.8 Å². The van der Waals surface area contributed by atoms with Gasteiger partial charge in [-0.25, -0.2) is 0 Å². The first-order valence-electron chi connectivity index (χ1n) is 3.12. The Balaban J connectivity index is 3.58. The van der Waals surface area contributed by atoms with Crippen LogP contribution in [0.3, 0.4) is 0 Å². The first-order chi connectivity index (χ1) is 4.68. The molecule has 4 heteroatoms. The van der Waals surface area contributed by atoms with Crippen LogP contribution >= 0.6 is 0 Å². The minimum atomic E-state index is -1.53. The average Bonchev–Trinajstić information content (AvgIpc) is 2.00. The summed E-state index contributed by atoms with van der Waals surface area (Å²) in [6, 6.07) is 0. The van der Waals surface area contributed by atoms with E-state index >= 15 is 0 Å². The van der Waals surface area contributed by atoms with Crippen molar-refractivity contribution in [2.24, 2.45) is 0 Å². The molecule has 0 rings (SSSR count). The molecule has 0 bridgehead atoms. The number of hydrogen-bond acceptors (Lipinski definition) is 4. The molecule has 0 aliphatic heterocycles.